The molecule has 2 atom stereocenters. The van der Waals surface area contributed by atoms with Gasteiger partial charge in [0.2, 0.25) is 0 Å². The van der Waals surface area contributed by atoms with Crippen LogP contribution in [-0.2, 0) is 4.74 Å². The average molecular weight is 829 g/mol. The van der Waals surface area contributed by atoms with Crippen molar-refractivity contribution >= 4 is 44.6 Å². The monoisotopic (exact) mass is 828 g/mol. The van der Waals surface area contributed by atoms with Gasteiger partial charge < -0.3 is 19.0 Å². The Kier molecular flexibility index (Phi) is 10.3. The van der Waals surface area contributed by atoms with Gasteiger partial charge >= 0.3 is 0 Å². The van der Waals surface area contributed by atoms with Crippen LogP contribution in [0, 0.1) is 0 Å². The fraction of sp³-hybridized carbons (Fsp3) is 0.100. The molecule has 0 saturated carbocycles. The van der Waals surface area contributed by atoms with Crippen LogP contribution in [0.5, 0.6) is 0 Å². The third-order valence-electron chi connectivity index (χ3n) is 12.7. The van der Waals surface area contributed by atoms with Gasteiger partial charge in [0.15, 0.2) is 6.23 Å². The molecule has 0 spiro atoms. The SMILES string of the molecule is C/C=C\C(=C/CC)c1ccc(N(c2ccc(-c3ccc(-c4cccc5c4oc4ccccc45)cc3)cc2)c2ccc(-c3ccc(C4CC=CC5=C4OC4C=CC=CN54)cc3)cc2)cc1. The first-order valence-corrected chi connectivity index (χ1v) is 22.4. The van der Waals surface area contributed by atoms with E-state index in [1.54, 1.807) is 0 Å². The molecule has 3 heterocycles. The molecule has 0 N–H and O–H groups in total. The van der Waals surface area contributed by atoms with Gasteiger partial charge in [-0.15, -0.1) is 0 Å². The molecular formula is C60H48N2O2. The van der Waals surface area contributed by atoms with Crippen molar-refractivity contribution in [1.82, 2.24) is 4.90 Å². The lowest BCUT2D eigenvalue weighted by Gasteiger charge is -2.26. The number of furan rings is 1. The molecule has 0 bridgehead atoms. The van der Waals surface area contributed by atoms with E-state index in [4.69, 9.17) is 9.15 Å². The number of rotatable bonds is 10. The highest BCUT2D eigenvalue weighted by Crippen LogP contribution is 2.44. The summed E-state index contributed by atoms with van der Waals surface area (Å²) in [6, 6.07) is 59.3. The van der Waals surface area contributed by atoms with Crippen LogP contribution in [-0.4, -0.2) is 11.1 Å². The van der Waals surface area contributed by atoms with Crippen LogP contribution < -0.4 is 4.90 Å². The van der Waals surface area contributed by atoms with E-state index in [-0.39, 0.29) is 12.1 Å². The first-order valence-electron chi connectivity index (χ1n) is 22.4. The fourth-order valence-corrected chi connectivity index (χ4v) is 9.51. The molecule has 3 aliphatic rings. The lowest BCUT2D eigenvalue weighted by Crippen LogP contribution is -2.24. The van der Waals surface area contributed by atoms with E-state index in [2.05, 4.69) is 230 Å². The molecule has 2 unspecified atom stereocenters. The van der Waals surface area contributed by atoms with Crippen LogP contribution in [0.2, 0.25) is 0 Å². The van der Waals surface area contributed by atoms with Crippen molar-refractivity contribution in [2.45, 2.75) is 38.8 Å². The zero-order valence-electron chi connectivity index (χ0n) is 36.1. The van der Waals surface area contributed by atoms with Crippen molar-refractivity contribution in [2.75, 3.05) is 4.90 Å². The van der Waals surface area contributed by atoms with Gasteiger partial charge in [-0.1, -0.05) is 159 Å². The molecule has 0 saturated heterocycles. The maximum absolute atomic E-state index is 6.47. The second-order valence-corrected chi connectivity index (χ2v) is 16.6. The number of benzene rings is 7. The molecular weight excluding hydrogens is 781 g/mol. The molecule has 8 aromatic rings. The summed E-state index contributed by atoms with van der Waals surface area (Å²) in [5, 5.41) is 2.28. The van der Waals surface area contributed by atoms with E-state index in [0.717, 1.165) is 85.6 Å². The Morgan fingerprint density at radius 2 is 1.27 bits per heavy atom. The summed E-state index contributed by atoms with van der Waals surface area (Å²) in [5.41, 5.74) is 16.9. The summed E-state index contributed by atoms with van der Waals surface area (Å²) >= 11 is 0. The molecule has 1 aromatic heterocycles. The minimum absolute atomic E-state index is 0.0587. The molecule has 11 rings (SSSR count). The van der Waals surface area contributed by atoms with Crippen LogP contribution in [0.3, 0.4) is 0 Å². The Balaban J connectivity index is 0.876. The largest absolute Gasteiger partial charge is 0.468 e. The Bertz CT molecular complexity index is 3180. The zero-order chi connectivity index (χ0) is 43.0. The summed E-state index contributed by atoms with van der Waals surface area (Å²) in [7, 11) is 0. The van der Waals surface area contributed by atoms with Gasteiger partial charge in [-0.25, -0.2) is 0 Å². The van der Waals surface area contributed by atoms with Crippen molar-refractivity contribution in [3.05, 3.63) is 241 Å². The normalized spacial score (nSPS) is 16.8. The number of para-hydroxylation sites is 2. The molecule has 4 nitrogen and oxygen atoms in total. The zero-order valence-corrected chi connectivity index (χ0v) is 36.1. The van der Waals surface area contributed by atoms with E-state index in [0.29, 0.717) is 0 Å². The molecule has 0 radical (unpaired) electrons. The summed E-state index contributed by atoms with van der Waals surface area (Å²) in [5.74, 6) is 1.26. The van der Waals surface area contributed by atoms with Crippen molar-refractivity contribution in [3.63, 3.8) is 0 Å². The maximum atomic E-state index is 6.47. The van der Waals surface area contributed by atoms with E-state index in [1.165, 1.54) is 27.8 Å². The average Bonchev–Trinajstić information content (AvgIpc) is 3.94. The molecule has 64 heavy (non-hydrogen) atoms. The Labute approximate surface area is 375 Å². The number of nitrogens with zero attached hydrogens (tertiary/aromatic N) is 2. The van der Waals surface area contributed by atoms with E-state index in [1.807, 2.05) is 12.1 Å². The molecule has 0 amide bonds. The van der Waals surface area contributed by atoms with Crippen LogP contribution in [0.15, 0.2) is 234 Å². The second-order valence-electron chi connectivity index (χ2n) is 16.6. The number of ether oxygens (including phenoxy) is 1. The third-order valence-corrected chi connectivity index (χ3v) is 12.7. The van der Waals surface area contributed by atoms with Crippen LogP contribution in [0.4, 0.5) is 17.1 Å². The molecule has 4 heteroatoms. The van der Waals surface area contributed by atoms with Crippen molar-refractivity contribution in [2.24, 2.45) is 0 Å². The van der Waals surface area contributed by atoms with Gasteiger partial charge in [-0.3, -0.25) is 0 Å². The van der Waals surface area contributed by atoms with Gasteiger partial charge in [-0.05, 0) is 125 Å². The van der Waals surface area contributed by atoms with E-state index < -0.39 is 0 Å². The van der Waals surface area contributed by atoms with E-state index >= 15 is 0 Å². The smallest absolute Gasteiger partial charge is 0.195 e. The summed E-state index contributed by atoms with van der Waals surface area (Å²) in [4.78, 5) is 4.56. The number of allylic oxidation sites excluding steroid dienone is 9. The number of hydrogen-bond donors (Lipinski definition) is 0. The minimum atomic E-state index is -0.0587. The van der Waals surface area contributed by atoms with Gasteiger partial charge in [0.25, 0.3) is 0 Å². The molecule has 7 aromatic carbocycles. The van der Waals surface area contributed by atoms with Crippen LogP contribution in [0.25, 0.3) is 60.9 Å². The summed E-state index contributed by atoms with van der Waals surface area (Å²) in [6.07, 6.45) is 21.2. The molecule has 2 aliphatic heterocycles. The van der Waals surface area contributed by atoms with Gasteiger partial charge in [0, 0.05) is 45.5 Å². The Hall–Kier alpha value is -7.82. The number of anilines is 3. The lowest BCUT2D eigenvalue weighted by atomic mass is 9.88. The van der Waals surface area contributed by atoms with Crippen LogP contribution in [0.1, 0.15) is 43.7 Å². The predicted octanol–water partition coefficient (Wildman–Crippen LogP) is 16.4. The van der Waals surface area contributed by atoms with Gasteiger partial charge in [-0.2, -0.15) is 0 Å². The molecule has 310 valence electrons. The topological polar surface area (TPSA) is 28.9 Å². The Morgan fingerprint density at radius 3 is 1.94 bits per heavy atom. The van der Waals surface area contributed by atoms with E-state index in [9.17, 15) is 0 Å². The van der Waals surface area contributed by atoms with Crippen molar-refractivity contribution < 1.29 is 9.15 Å². The molecule has 0 fully saturated rings. The van der Waals surface area contributed by atoms with Crippen molar-refractivity contribution in [3.8, 4) is 33.4 Å². The summed E-state index contributed by atoms with van der Waals surface area (Å²) in [6.45, 7) is 4.26. The number of hydrogen-bond acceptors (Lipinski definition) is 4. The highest BCUT2D eigenvalue weighted by atomic mass is 16.5. The minimum Gasteiger partial charge on any atom is -0.468 e. The lowest BCUT2D eigenvalue weighted by molar-refractivity contribution is 0.0987. The van der Waals surface area contributed by atoms with Gasteiger partial charge in [0.05, 0.1) is 5.70 Å². The highest BCUT2D eigenvalue weighted by Gasteiger charge is 2.36. The van der Waals surface area contributed by atoms with Crippen LogP contribution >= 0.6 is 0 Å². The highest BCUT2D eigenvalue weighted by molar-refractivity contribution is 6.09. The second kappa shape index (κ2) is 16.8. The van der Waals surface area contributed by atoms with Crippen molar-refractivity contribution in [1.29, 1.82) is 0 Å². The fourth-order valence-electron chi connectivity index (χ4n) is 9.51. The quantitative estimate of drug-likeness (QED) is 0.128. The Morgan fingerprint density at radius 1 is 0.656 bits per heavy atom. The van der Waals surface area contributed by atoms with Gasteiger partial charge in [0.1, 0.15) is 16.9 Å². The number of fused-ring (bicyclic) bond motifs is 5. The summed E-state index contributed by atoms with van der Waals surface area (Å²) < 4.78 is 12.8. The maximum Gasteiger partial charge on any atom is 0.195 e. The first-order chi connectivity index (χ1) is 31.6. The first kappa shape index (κ1) is 39.1. The standard InChI is InChI=1S/C60H48N2O2/c1-3-11-41(12-4-2)44-28-34-49(35-29-44)62(50-36-30-45(31-37-50)42-20-24-47(25-21-42)52-14-9-16-55-54-13-5-6-18-57(54)63-59(52)55)51-38-32-46(33-39-51)43-22-26-48(27-23-43)53-15-10-17-56-60(53)64-58-19-7-8-40-61(56)58/h3,5-14,16-40,53,58H,4,15H2,1-2H3/b11-3-,41-12+. The predicted molar refractivity (Wildman–Crippen MR) is 266 cm³/mol. The molecule has 1 aliphatic carbocycles. The third kappa shape index (κ3) is 7.17.